The minimum atomic E-state index is -0.505. The molecule has 8 nitrogen and oxygen atoms in total. The highest BCUT2D eigenvalue weighted by Gasteiger charge is 2.22. The Bertz CT molecular complexity index is 750. The van der Waals surface area contributed by atoms with E-state index in [2.05, 4.69) is 14.9 Å². The van der Waals surface area contributed by atoms with Crippen LogP contribution < -0.4 is 14.5 Å². The van der Waals surface area contributed by atoms with Gasteiger partial charge >= 0.3 is 0 Å². The number of rotatable bonds is 4. The number of methoxy groups -OCH3 is 1. The van der Waals surface area contributed by atoms with Gasteiger partial charge in [-0.3, -0.25) is 10.1 Å². The van der Waals surface area contributed by atoms with Gasteiger partial charge in [-0.05, 0) is 6.07 Å². The van der Waals surface area contributed by atoms with Crippen molar-refractivity contribution in [2.45, 2.75) is 0 Å². The lowest BCUT2D eigenvalue weighted by Gasteiger charge is -2.36. The molecule has 9 heteroatoms. The zero-order chi connectivity index (χ0) is 17.1. The van der Waals surface area contributed by atoms with Crippen LogP contribution >= 0.6 is 11.6 Å². The van der Waals surface area contributed by atoms with Crippen LogP contribution in [0.3, 0.4) is 0 Å². The molecule has 1 aliphatic heterocycles. The molecule has 3 heterocycles. The highest BCUT2D eigenvalue weighted by molar-refractivity contribution is 6.33. The highest BCUT2D eigenvalue weighted by atomic mass is 35.5. The van der Waals surface area contributed by atoms with Crippen LogP contribution in [0.5, 0.6) is 5.75 Å². The van der Waals surface area contributed by atoms with E-state index in [4.69, 9.17) is 16.3 Å². The zero-order valence-corrected chi connectivity index (χ0v) is 13.8. The summed E-state index contributed by atoms with van der Waals surface area (Å²) in [6, 6.07) is 5.03. The van der Waals surface area contributed by atoms with Crippen LogP contribution in [0.1, 0.15) is 0 Å². The Kier molecular flexibility index (Phi) is 4.66. The Hall–Kier alpha value is -2.61. The molecule has 1 aliphatic rings. The molecule has 0 radical (unpaired) electrons. The van der Waals surface area contributed by atoms with Crippen LogP contribution in [0.25, 0.3) is 0 Å². The highest BCUT2D eigenvalue weighted by Crippen LogP contribution is 2.28. The number of aromatic nitrogens is 2. The molecule has 1 fully saturated rings. The molecular formula is C15H16ClN5O3. The number of anilines is 2. The van der Waals surface area contributed by atoms with Gasteiger partial charge in [0.05, 0.1) is 17.1 Å². The van der Waals surface area contributed by atoms with Gasteiger partial charge < -0.3 is 14.5 Å². The maximum Gasteiger partial charge on any atom is 0.289 e. The van der Waals surface area contributed by atoms with E-state index in [0.29, 0.717) is 18.9 Å². The van der Waals surface area contributed by atoms with Crippen LogP contribution in [0, 0.1) is 10.1 Å². The first-order chi connectivity index (χ1) is 11.6. The topological polar surface area (TPSA) is 84.6 Å². The van der Waals surface area contributed by atoms with Gasteiger partial charge in [0.15, 0.2) is 0 Å². The van der Waals surface area contributed by atoms with Crippen molar-refractivity contribution < 1.29 is 9.66 Å². The van der Waals surface area contributed by atoms with E-state index in [1.807, 2.05) is 11.0 Å². The van der Waals surface area contributed by atoms with Crippen LogP contribution in [-0.4, -0.2) is 48.2 Å². The number of pyridine rings is 2. The van der Waals surface area contributed by atoms with E-state index in [1.54, 1.807) is 19.4 Å². The maximum absolute atomic E-state index is 10.8. The van der Waals surface area contributed by atoms with Gasteiger partial charge in [-0.2, -0.15) is 0 Å². The number of nitrogens with zero attached hydrogens (tertiary/aromatic N) is 5. The molecule has 0 spiro atoms. The number of halogens is 1. The first-order valence-electron chi connectivity index (χ1n) is 7.38. The van der Waals surface area contributed by atoms with Crippen molar-refractivity contribution in [3.63, 3.8) is 0 Å². The van der Waals surface area contributed by atoms with Gasteiger partial charge in [-0.25, -0.2) is 9.97 Å². The molecule has 1 saturated heterocycles. The summed E-state index contributed by atoms with van der Waals surface area (Å²) < 4.78 is 5.22. The third kappa shape index (κ3) is 3.33. The molecule has 0 N–H and O–H groups in total. The molecule has 3 rings (SSSR count). The summed E-state index contributed by atoms with van der Waals surface area (Å²) in [6.45, 7) is 2.89. The molecule has 0 amide bonds. The fraction of sp³-hybridized carbons (Fsp3) is 0.333. The normalized spacial score (nSPS) is 14.6. The monoisotopic (exact) mass is 349 g/mol. The zero-order valence-electron chi connectivity index (χ0n) is 13.1. The second kappa shape index (κ2) is 6.88. The fourth-order valence-corrected chi connectivity index (χ4v) is 2.88. The first-order valence-corrected chi connectivity index (χ1v) is 7.76. The van der Waals surface area contributed by atoms with E-state index in [0.717, 1.165) is 24.7 Å². The standard InChI is InChI=1S/C15H16ClN5O3/c1-24-12-2-3-17-14(9-12)19-4-6-20(7-5-19)15-13(16)8-11(10-18-15)21(22)23/h2-3,8-10H,4-7H2,1H3. The molecule has 0 atom stereocenters. The van der Waals surface area contributed by atoms with Gasteiger partial charge in [-0.15, -0.1) is 0 Å². The summed E-state index contributed by atoms with van der Waals surface area (Å²) in [4.78, 5) is 22.9. The molecule has 126 valence electrons. The maximum atomic E-state index is 10.8. The number of nitro groups is 1. The largest absolute Gasteiger partial charge is 0.497 e. The van der Waals surface area contributed by atoms with Crippen molar-refractivity contribution in [2.24, 2.45) is 0 Å². The van der Waals surface area contributed by atoms with Gasteiger partial charge in [0.2, 0.25) is 0 Å². The third-order valence-corrected chi connectivity index (χ3v) is 4.15. The van der Waals surface area contributed by atoms with Crippen molar-refractivity contribution >= 4 is 28.9 Å². The number of hydrogen-bond acceptors (Lipinski definition) is 7. The summed E-state index contributed by atoms with van der Waals surface area (Å²) in [5, 5.41) is 11.1. The predicted molar refractivity (Wildman–Crippen MR) is 91.1 cm³/mol. The molecule has 0 unspecified atom stereocenters. The Morgan fingerprint density at radius 2 is 1.92 bits per heavy atom. The quantitative estimate of drug-likeness (QED) is 0.618. The van der Waals surface area contributed by atoms with Crippen LogP contribution in [0.15, 0.2) is 30.6 Å². The lowest BCUT2D eigenvalue weighted by Crippen LogP contribution is -2.47. The van der Waals surface area contributed by atoms with Crippen molar-refractivity contribution in [3.05, 3.63) is 45.7 Å². The van der Waals surface area contributed by atoms with Gasteiger partial charge in [-0.1, -0.05) is 11.6 Å². The molecule has 24 heavy (non-hydrogen) atoms. The predicted octanol–water partition coefficient (Wildman–Crippen LogP) is 2.37. The Morgan fingerprint density at radius 3 is 2.54 bits per heavy atom. The van der Waals surface area contributed by atoms with Crippen molar-refractivity contribution in [1.29, 1.82) is 0 Å². The number of piperazine rings is 1. The molecule has 0 bridgehead atoms. The van der Waals surface area contributed by atoms with Crippen molar-refractivity contribution in [2.75, 3.05) is 43.1 Å². The van der Waals surface area contributed by atoms with E-state index in [-0.39, 0.29) is 10.7 Å². The SMILES string of the molecule is COc1ccnc(N2CCN(c3ncc([N+](=O)[O-])cc3Cl)CC2)c1. The van der Waals surface area contributed by atoms with Gasteiger partial charge in [0.1, 0.15) is 23.6 Å². The average Bonchev–Trinajstić information content (AvgIpc) is 2.62. The van der Waals surface area contributed by atoms with Crippen LogP contribution in [-0.2, 0) is 0 Å². The van der Waals surface area contributed by atoms with Gasteiger partial charge in [0, 0.05) is 44.5 Å². The van der Waals surface area contributed by atoms with Crippen molar-refractivity contribution in [3.8, 4) is 5.75 Å². The Balaban J connectivity index is 1.69. The Labute approximate surface area is 143 Å². The summed E-state index contributed by atoms with van der Waals surface area (Å²) in [5.74, 6) is 2.19. The summed E-state index contributed by atoms with van der Waals surface area (Å²) >= 11 is 6.15. The second-order valence-corrected chi connectivity index (χ2v) is 5.69. The molecule has 0 aliphatic carbocycles. The molecule has 2 aromatic heterocycles. The second-order valence-electron chi connectivity index (χ2n) is 5.28. The summed E-state index contributed by atoms with van der Waals surface area (Å²) in [7, 11) is 1.62. The Morgan fingerprint density at radius 1 is 1.21 bits per heavy atom. The minimum Gasteiger partial charge on any atom is -0.497 e. The summed E-state index contributed by atoms with van der Waals surface area (Å²) in [5.41, 5.74) is -0.108. The number of hydrogen-bond donors (Lipinski definition) is 0. The lowest BCUT2D eigenvalue weighted by molar-refractivity contribution is -0.385. The van der Waals surface area contributed by atoms with E-state index in [9.17, 15) is 10.1 Å². The first kappa shape index (κ1) is 16.3. The molecule has 0 aromatic carbocycles. The van der Waals surface area contributed by atoms with E-state index in [1.165, 1.54) is 12.3 Å². The van der Waals surface area contributed by atoms with E-state index < -0.39 is 4.92 Å². The minimum absolute atomic E-state index is 0.108. The molecule has 0 saturated carbocycles. The van der Waals surface area contributed by atoms with Crippen LogP contribution in [0.4, 0.5) is 17.3 Å². The smallest absolute Gasteiger partial charge is 0.289 e. The van der Waals surface area contributed by atoms with Crippen molar-refractivity contribution in [1.82, 2.24) is 9.97 Å². The lowest BCUT2D eigenvalue weighted by atomic mass is 10.3. The number of ether oxygens (including phenoxy) is 1. The fourth-order valence-electron chi connectivity index (χ4n) is 2.60. The van der Waals surface area contributed by atoms with E-state index >= 15 is 0 Å². The van der Waals surface area contributed by atoms with Crippen LogP contribution in [0.2, 0.25) is 5.02 Å². The van der Waals surface area contributed by atoms with Gasteiger partial charge in [0.25, 0.3) is 5.69 Å². The summed E-state index contributed by atoms with van der Waals surface area (Å²) in [6.07, 6.45) is 2.95. The third-order valence-electron chi connectivity index (χ3n) is 3.87. The average molecular weight is 350 g/mol. The molecule has 2 aromatic rings. The molecular weight excluding hydrogens is 334 g/mol.